The number of carbonyl (C=O) groups is 9. The lowest BCUT2D eigenvalue weighted by atomic mass is 9.85. The van der Waals surface area contributed by atoms with E-state index >= 15 is 0 Å². The number of nitrogens with one attached hydrogen (secondary N) is 2. The number of cyclic esters (lactones) is 1. The Morgan fingerprint density at radius 2 is 1.68 bits per heavy atom. The van der Waals surface area contributed by atoms with Gasteiger partial charge in [0.05, 0.1) is 54.3 Å². The first-order valence-electron chi connectivity index (χ1n) is 22.5. The number of pyridine rings is 2. The Morgan fingerprint density at radius 1 is 0.941 bits per heavy atom. The van der Waals surface area contributed by atoms with E-state index in [0.717, 1.165) is 21.4 Å². The summed E-state index contributed by atoms with van der Waals surface area (Å²) in [6.07, 6.45) is 0.262. The van der Waals surface area contributed by atoms with Crippen molar-refractivity contribution in [2.75, 3.05) is 19.8 Å². The number of rotatable bonds is 24. The Bertz CT molecular complexity index is 2610. The van der Waals surface area contributed by atoms with Gasteiger partial charge in [-0.15, -0.1) is 0 Å². The van der Waals surface area contributed by atoms with Crippen molar-refractivity contribution >= 4 is 64.0 Å². The molecule has 3 aliphatic rings. The van der Waals surface area contributed by atoms with Crippen molar-refractivity contribution in [1.82, 2.24) is 25.1 Å². The van der Waals surface area contributed by atoms with Crippen molar-refractivity contribution in [3.05, 3.63) is 75.5 Å². The zero-order valence-electron chi connectivity index (χ0n) is 37.6. The van der Waals surface area contributed by atoms with Gasteiger partial charge in [0.2, 0.25) is 35.0 Å². The summed E-state index contributed by atoms with van der Waals surface area (Å²) in [5, 5.41) is 6.20. The largest absolute Gasteiger partial charge is 0.457 e. The van der Waals surface area contributed by atoms with E-state index in [1.54, 1.807) is 17.6 Å². The molecule has 0 saturated heterocycles. The van der Waals surface area contributed by atoms with Crippen molar-refractivity contribution in [3.63, 3.8) is 0 Å². The number of carbonyl (C=O) groups excluding carboxylic acids is 9. The SMILES string of the molecule is CC[C@]1(OC(=O)CCC(=O)NCCCC[C@H](CC(=O)[C@H](CCCCN)NC(=O)CCC(=O)OCN2C=C(F)C(=O)CC2=O)C(N)=O)C(=O)OCc2c1cc1n(c2=O)Cc2cc3ccccc3nc2-1. The highest BCUT2D eigenvalue weighted by atomic mass is 19.1. The zero-order chi connectivity index (χ0) is 49.1. The summed E-state index contributed by atoms with van der Waals surface area (Å²) in [5.41, 5.74) is 12.0. The van der Waals surface area contributed by atoms with Gasteiger partial charge in [-0.3, -0.25) is 48.1 Å². The smallest absolute Gasteiger partial charge is 0.355 e. The molecule has 3 atom stereocenters. The summed E-state index contributed by atoms with van der Waals surface area (Å²) in [5.74, 6) is -8.73. The van der Waals surface area contributed by atoms with E-state index in [-0.39, 0.29) is 81.3 Å². The number of unbranched alkanes of at least 4 members (excludes halogenated alkanes) is 2. The van der Waals surface area contributed by atoms with E-state index < -0.39 is 96.1 Å². The predicted molar refractivity (Wildman–Crippen MR) is 237 cm³/mol. The Morgan fingerprint density at radius 3 is 2.43 bits per heavy atom. The van der Waals surface area contributed by atoms with Crippen LogP contribution in [0.3, 0.4) is 0 Å². The van der Waals surface area contributed by atoms with Crippen LogP contribution < -0.4 is 27.7 Å². The average molecular weight is 944 g/mol. The van der Waals surface area contributed by atoms with Crippen LogP contribution >= 0.6 is 0 Å². The summed E-state index contributed by atoms with van der Waals surface area (Å²) in [7, 11) is 0. The number of halogens is 1. The molecule has 3 aromatic rings. The molecule has 68 heavy (non-hydrogen) atoms. The number of Topliss-reactive ketones (excluding diaryl/α,β-unsaturated/α-hetero) is 2. The van der Waals surface area contributed by atoms with E-state index in [1.165, 1.54) is 0 Å². The summed E-state index contributed by atoms with van der Waals surface area (Å²) < 4.78 is 31.3. The van der Waals surface area contributed by atoms with Gasteiger partial charge in [-0.25, -0.2) is 14.2 Å². The molecule has 6 rings (SSSR count). The number of fused-ring (bicyclic) bond motifs is 5. The van der Waals surface area contributed by atoms with Crippen molar-refractivity contribution in [2.45, 2.75) is 115 Å². The minimum Gasteiger partial charge on any atom is -0.457 e. The molecule has 0 fully saturated rings. The monoisotopic (exact) mass is 943 g/mol. The highest BCUT2D eigenvalue weighted by Crippen LogP contribution is 2.41. The summed E-state index contributed by atoms with van der Waals surface area (Å²) in [4.78, 5) is 133. The number of primary amides is 1. The average Bonchev–Trinajstić information content (AvgIpc) is 3.67. The van der Waals surface area contributed by atoms with Crippen molar-refractivity contribution in [1.29, 1.82) is 0 Å². The normalized spacial score (nSPS) is 17.0. The minimum atomic E-state index is -1.93. The van der Waals surface area contributed by atoms with E-state index in [9.17, 15) is 52.3 Å². The molecule has 21 heteroatoms. The van der Waals surface area contributed by atoms with E-state index in [4.69, 9.17) is 30.7 Å². The van der Waals surface area contributed by atoms with Gasteiger partial charge in [0.25, 0.3) is 5.56 Å². The van der Waals surface area contributed by atoms with Crippen LogP contribution in [0.25, 0.3) is 22.3 Å². The maximum atomic E-state index is 13.8. The maximum Gasteiger partial charge on any atom is 0.355 e. The quantitative estimate of drug-likeness (QED) is 0.0339. The number of ether oxygens (including phenoxy) is 3. The molecule has 0 saturated carbocycles. The third-order valence-electron chi connectivity index (χ3n) is 12.1. The van der Waals surface area contributed by atoms with Gasteiger partial charge < -0.3 is 40.9 Å². The molecule has 3 aliphatic heterocycles. The molecule has 4 amide bonds. The lowest BCUT2D eigenvalue weighted by Gasteiger charge is -2.35. The maximum absolute atomic E-state index is 13.8. The Balaban J connectivity index is 0.949. The first-order chi connectivity index (χ1) is 32.5. The number of benzene rings is 1. The number of aromatic nitrogens is 2. The second kappa shape index (κ2) is 22.6. The predicted octanol–water partition coefficient (Wildman–Crippen LogP) is 2.26. The lowest BCUT2D eigenvalue weighted by molar-refractivity contribution is -0.189. The van der Waals surface area contributed by atoms with Gasteiger partial charge in [-0.05, 0) is 63.3 Å². The number of ketones is 2. The molecule has 2 aromatic heterocycles. The molecule has 6 N–H and O–H groups in total. The van der Waals surface area contributed by atoms with E-state index in [0.29, 0.717) is 49.8 Å². The number of hydrogen-bond donors (Lipinski definition) is 4. The molecule has 20 nitrogen and oxygen atoms in total. The van der Waals surface area contributed by atoms with Gasteiger partial charge >= 0.3 is 17.9 Å². The highest BCUT2D eigenvalue weighted by molar-refractivity contribution is 6.08. The van der Waals surface area contributed by atoms with Crippen LogP contribution in [0.2, 0.25) is 0 Å². The first-order valence-corrected chi connectivity index (χ1v) is 22.5. The number of allylic oxidation sites excluding steroid dienone is 1. The van der Waals surface area contributed by atoms with Gasteiger partial charge in [0.1, 0.15) is 6.61 Å². The molecule has 0 spiro atoms. The Labute approximate surface area is 389 Å². The van der Waals surface area contributed by atoms with Crippen molar-refractivity contribution < 1.29 is 61.8 Å². The van der Waals surface area contributed by atoms with Crippen LogP contribution in [0.4, 0.5) is 4.39 Å². The number of hydrogen-bond acceptors (Lipinski definition) is 15. The van der Waals surface area contributed by atoms with Crippen LogP contribution in [0.5, 0.6) is 0 Å². The van der Waals surface area contributed by atoms with Gasteiger partial charge in [-0.1, -0.05) is 31.5 Å². The number of para-hydroxylation sites is 1. The van der Waals surface area contributed by atoms with Crippen LogP contribution in [-0.4, -0.2) is 93.4 Å². The van der Waals surface area contributed by atoms with E-state index in [1.807, 2.05) is 30.3 Å². The number of nitrogens with two attached hydrogens (primary N) is 2. The molecule has 1 aromatic carbocycles. The van der Waals surface area contributed by atoms with Crippen LogP contribution in [0, 0.1) is 5.92 Å². The first kappa shape index (κ1) is 50.3. The third-order valence-corrected chi connectivity index (χ3v) is 12.1. The second-order valence-electron chi connectivity index (χ2n) is 16.8. The van der Waals surface area contributed by atoms with Crippen molar-refractivity contribution in [2.24, 2.45) is 17.4 Å². The van der Waals surface area contributed by atoms with Gasteiger partial charge in [-0.2, -0.15) is 0 Å². The fourth-order valence-corrected chi connectivity index (χ4v) is 8.32. The Hall–Kier alpha value is -7.16. The molecule has 362 valence electrons. The van der Waals surface area contributed by atoms with Crippen LogP contribution in [-0.2, 0) is 76.1 Å². The number of nitrogens with zero attached hydrogens (tertiary/aromatic N) is 3. The number of esters is 3. The molecule has 0 aliphatic carbocycles. The van der Waals surface area contributed by atoms with Crippen LogP contribution in [0.1, 0.15) is 107 Å². The van der Waals surface area contributed by atoms with Gasteiger partial charge in [0, 0.05) is 54.4 Å². The molecule has 0 unspecified atom stereocenters. The summed E-state index contributed by atoms with van der Waals surface area (Å²) in [6, 6.07) is 10.2. The van der Waals surface area contributed by atoms with Crippen LogP contribution in [0.15, 0.2) is 53.2 Å². The fraction of sp³-hybridized carbons (Fsp3) is 0.468. The standard InChI is InChI=1S/C47H54FN7O13/c1-2-47(31-21-35-43-29(19-27-9-3-4-11-33(27)53-43)23-55(35)45(64)30(31)25-66-46(47)65)68-42(62)16-13-38(58)51-18-8-6-10-28(44(50)63)20-37(57)34(12-5-7-17-49)52-39(59)14-15-41(61)67-26-54-24-32(48)36(56)22-40(54)60/h3-4,9,11,19,21,24,28,34H,2,5-8,10,12-18,20,22-23,25-26,49H2,1H3,(H2,50,63)(H,51,58)(H,52,59)/t28-,34+,47-/m1/s1. The molecule has 0 bridgehead atoms. The van der Waals surface area contributed by atoms with Crippen molar-refractivity contribution in [3.8, 4) is 11.4 Å². The van der Waals surface area contributed by atoms with Gasteiger partial charge in [0.15, 0.2) is 18.3 Å². The molecule has 0 radical (unpaired) electrons. The third kappa shape index (κ3) is 11.9. The number of amides is 4. The molecular formula is C47H54FN7O13. The molecule has 5 heterocycles. The summed E-state index contributed by atoms with van der Waals surface area (Å²) in [6.45, 7) is 1.45. The highest BCUT2D eigenvalue weighted by Gasteiger charge is 2.50. The fourth-order valence-electron chi connectivity index (χ4n) is 8.32. The summed E-state index contributed by atoms with van der Waals surface area (Å²) >= 11 is 0. The topological polar surface area (TPSA) is 296 Å². The van der Waals surface area contributed by atoms with E-state index in [2.05, 4.69) is 10.6 Å². The Kier molecular flexibility index (Phi) is 16.7. The zero-order valence-corrected chi connectivity index (χ0v) is 37.6. The second-order valence-corrected chi connectivity index (χ2v) is 16.8. The minimum absolute atomic E-state index is 0.0432. The molecular weight excluding hydrogens is 890 g/mol. The lowest BCUT2D eigenvalue weighted by Crippen LogP contribution is -2.47.